The zero-order valence-corrected chi connectivity index (χ0v) is 10.3. The van der Waals surface area contributed by atoms with Crippen LogP contribution < -0.4 is 10.6 Å². The van der Waals surface area contributed by atoms with E-state index in [1.54, 1.807) is 0 Å². The molecule has 0 spiro atoms. The highest BCUT2D eigenvalue weighted by Crippen LogP contribution is 2.06. The Kier molecular flexibility index (Phi) is 5.02. The first-order valence-corrected chi connectivity index (χ1v) is 5.75. The van der Waals surface area contributed by atoms with Crippen molar-refractivity contribution in [3.63, 3.8) is 0 Å². The molecular weight excluding hydrogens is 208 g/mol. The van der Waals surface area contributed by atoms with E-state index in [9.17, 15) is 4.79 Å². The average Bonchev–Trinajstić information content (AvgIpc) is 2.16. The second kappa shape index (κ2) is 6.06. The Morgan fingerprint density at radius 1 is 1.56 bits per heavy atom. The van der Waals surface area contributed by atoms with Gasteiger partial charge in [0.2, 0.25) is 0 Å². The lowest BCUT2D eigenvalue weighted by molar-refractivity contribution is 0.0508. The number of rotatable bonds is 3. The maximum absolute atomic E-state index is 11.3. The van der Waals surface area contributed by atoms with Gasteiger partial charge in [-0.3, -0.25) is 0 Å². The molecule has 94 valence electrons. The van der Waals surface area contributed by atoms with E-state index in [4.69, 9.17) is 9.47 Å². The highest BCUT2D eigenvalue weighted by Gasteiger charge is 2.17. The van der Waals surface area contributed by atoms with Crippen LogP contribution in [0.25, 0.3) is 0 Å². The molecule has 1 fully saturated rings. The monoisotopic (exact) mass is 230 g/mol. The first-order valence-electron chi connectivity index (χ1n) is 5.75. The van der Waals surface area contributed by atoms with Gasteiger partial charge in [0.15, 0.2) is 0 Å². The van der Waals surface area contributed by atoms with Gasteiger partial charge in [0.25, 0.3) is 0 Å². The molecule has 0 aromatic rings. The zero-order valence-electron chi connectivity index (χ0n) is 10.3. The normalized spacial score (nSPS) is 21.6. The fraction of sp³-hybridized carbons (Fsp3) is 0.909. The lowest BCUT2D eigenvalue weighted by Crippen LogP contribution is -2.43. The molecular formula is C11H22N2O3. The molecule has 0 saturated carbocycles. The molecule has 5 nitrogen and oxygen atoms in total. The van der Waals surface area contributed by atoms with Gasteiger partial charge in [-0.1, -0.05) is 0 Å². The largest absolute Gasteiger partial charge is 0.444 e. The molecule has 1 aliphatic rings. The maximum atomic E-state index is 11.3. The van der Waals surface area contributed by atoms with Crippen LogP contribution in [-0.2, 0) is 9.47 Å². The Bertz CT molecular complexity index is 220. The van der Waals surface area contributed by atoms with Crippen molar-refractivity contribution in [3.8, 4) is 0 Å². The lowest BCUT2D eigenvalue weighted by atomic mass is 10.2. The van der Waals surface area contributed by atoms with Crippen molar-refractivity contribution >= 4 is 6.09 Å². The van der Waals surface area contributed by atoms with Gasteiger partial charge >= 0.3 is 6.09 Å². The fourth-order valence-corrected chi connectivity index (χ4v) is 1.47. The summed E-state index contributed by atoms with van der Waals surface area (Å²) in [7, 11) is 0. The van der Waals surface area contributed by atoms with Crippen molar-refractivity contribution in [2.24, 2.45) is 0 Å². The summed E-state index contributed by atoms with van der Waals surface area (Å²) in [6.07, 6.45) is 0.503. The Hall–Kier alpha value is -0.810. The van der Waals surface area contributed by atoms with Gasteiger partial charge in [0.05, 0.1) is 13.2 Å². The molecule has 1 rings (SSSR count). The van der Waals surface area contributed by atoms with Crippen molar-refractivity contribution in [3.05, 3.63) is 0 Å². The van der Waals surface area contributed by atoms with Gasteiger partial charge in [-0.2, -0.15) is 0 Å². The second-order valence-corrected chi connectivity index (χ2v) is 4.94. The third-order valence-corrected chi connectivity index (χ3v) is 2.16. The van der Waals surface area contributed by atoms with E-state index in [-0.39, 0.29) is 6.09 Å². The second-order valence-electron chi connectivity index (χ2n) is 4.94. The van der Waals surface area contributed by atoms with Gasteiger partial charge < -0.3 is 20.1 Å². The van der Waals surface area contributed by atoms with E-state index in [2.05, 4.69) is 10.6 Å². The summed E-state index contributed by atoms with van der Waals surface area (Å²) in [5, 5.41) is 6.05. The molecule has 2 N–H and O–H groups in total. The fourth-order valence-electron chi connectivity index (χ4n) is 1.47. The van der Waals surface area contributed by atoms with E-state index >= 15 is 0 Å². The van der Waals surface area contributed by atoms with Crippen LogP contribution in [-0.4, -0.2) is 44.0 Å². The van der Waals surface area contributed by atoms with Gasteiger partial charge in [0, 0.05) is 19.1 Å². The third kappa shape index (κ3) is 5.92. The van der Waals surface area contributed by atoms with Crippen molar-refractivity contribution in [1.29, 1.82) is 0 Å². The molecule has 0 radical (unpaired) electrons. The SMILES string of the molecule is CC(C)(C)OC(=O)NCC[C@H]1COCCN1. The number of carbonyl (C=O) groups excluding carboxylic acids is 1. The van der Waals surface area contributed by atoms with E-state index < -0.39 is 5.60 Å². The number of amides is 1. The average molecular weight is 230 g/mol. The first-order chi connectivity index (χ1) is 7.47. The zero-order chi connectivity index (χ0) is 12.0. The molecule has 0 aromatic heterocycles. The number of hydrogen-bond donors (Lipinski definition) is 2. The Balaban J connectivity index is 2.08. The summed E-state index contributed by atoms with van der Waals surface area (Å²) in [6.45, 7) is 8.54. The summed E-state index contributed by atoms with van der Waals surface area (Å²) in [5.74, 6) is 0. The van der Waals surface area contributed by atoms with Gasteiger partial charge in [-0.15, -0.1) is 0 Å². The van der Waals surface area contributed by atoms with Crippen LogP contribution in [0, 0.1) is 0 Å². The molecule has 0 bridgehead atoms. The Labute approximate surface area is 96.9 Å². The van der Waals surface area contributed by atoms with Crippen LogP contribution in [0.3, 0.4) is 0 Å². The maximum Gasteiger partial charge on any atom is 0.407 e. The lowest BCUT2D eigenvalue weighted by Gasteiger charge is -2.24. The summed E-state index contributed by atoms with van der Waals surface area (Å²) >= 11 is 0. The summed E-state index contributed by atoms with van der Waals surface area (Å²) in [6, 6.07) is 0.337. The number of carbonyl (C=O) groups is 1. The first kappa shape index (κ1) is 13.3. The van der Waals surface area contributed by atoms with E-state index in [1.807, 2.05) is 20.8 Å². The van der Waals surface area contributed by atoms with Crippen LogP contribution in [0.5, 0.6) is 0 Å². The standard InChI is InChI=1S/C11H22N2O3/c1-11(2,3)16-10(14)13-5-4-9-8-15-7-6-12-9/h9,12H,4-8H2,1-3H3,(H,13,14)/t9-/m0/s1. The number of morpholine rings is 1. The molecule has 1 amide bonds. The van der Waals surface area contributed by atoms with Gasteiger partial charge in [0.1, 0.15) is 5.60 Å². The molecule has 1 aliphatic heterocycles. The minimum Gasteiger partial charge on any atom is -0.444 e. The van der Waals surface area contributed by atoms with Crippen molar-refractivity contribution in [1.82, 2.24) is 10.6 Å². The molecule has 0 aromatic carbocycles. The highest BCUT2D eigenvalue weighted by atomic mass is 16.6. The topological polar surface area (TPSA) is 59.6 Å². The van der Waals surface area contributed by atoms with Crippen molar-refractivity contribution < 1.29 is 14.3 Å². The Morgan fingerprint density at radius 2 is 2.31 bits per heavy atom. The van der Waals surface area contributed by atoms with Crippen LogP contribution in [0.4, 0.5) is 4.79 Å². The van der Waals surface area contributed by atoms with Crippen LogP contribution in [0.15, 0.2) is 0 Å². The third-order valence-electron chi connectivity index (χ3n) is 2.16. The molecule has 0 unspecified atom stereocenters. The predicted octanol–water partition coefficient (Wildman–Crippen LogP) is 0.890. The van der Waals surface area contributed by atoms with Crippen LogP contribution in [0.2, 0.25) is 0 Å². The van der Waals surface area contributed by atoms with Crippen LogP contribution in [0.1, 0.15) is 27.2 Å². The summed E-state index contributed by atoms with van der Waals surface area (Å²) in [4.78, 5) is 11.3. The van der Waals surface area contributed by atoms with E-state index in [1.165, 1.54) is 0 Å². The van der Waals surface area contributed by atoms with Gasteiger partial charge in [-0.25, -0.2) is 4.79 Å². The van der Waals surface area contributed by atoms with E-state index in [0.717, 1.165) is 26.2 Å². The summed E-state index contributed by atoms with van der Waals surface area (Å²) < 4.78 is 10.4. The molecule has 16 heavy (non-hydrogen) atoms. The highest BCUT2D eigenvalue weighted by molar-refractivity contribution is 5.67. The molecule has 1 heterocycles. The van der Waals surface area contributed by atoms with Crippen LogP contribution >= 0.6 is 0 Å². The Morgan fingerprint density at radius 3 is 2.88 bits per heavy atom. The number of alkyl carbamates (subject to hydrolysis) is 1. The molecule has 1 saturated heterocycles. The minimum absolute atomic E-state index is 0.337. The minimum atomic E-state index is -0.434. The quantitative estimate of drug-likeness (QED) is 0.756. The number of ether oxygens (including phenoxy) is 2. The van der Waals surface area contributed by atoms with Crippen molar-refractivity contribution in [2.75, 3.05) is 26.3 Å². The molecule has 1 atom stereocenters. The summed E-state index contributed by atoms with van der Waals surface area (Å²) in [5.41, 5.74) is -0.434. The smallest absolute Gasteiger partial charge is 0.407 e. The van der Waals surface area contributed by atoms with E-state index in [0.29, 0.717) is 12.6 Å². The molecule has 5 heteroatoms. The predicted molar refractivity (Wildman–Crippen MR) is 61.5 cm³/mol. The number of hydrogen-bond acceptors (Lipinski definition) is 4. The number of nitrogens with one attached hydrogen (secondary N) is 2. The van der Waals surface area contributed by atoms with Gasteiger partial charge in [-0.05, 0) is 27.2 Å². The van der Waals surface area contributed by atoms with Crippen molar-refractivity contribution in [2.45, 2.75) is 38.8 Å². The molecule has 0 aliphatic carbocycles.